The number of hydrogen-bond acceptors (Lipinski definition) is 3. The lowest BCUT2D eigenvalue weighted by molar-refractivity contribution is 0.0599. The van der Waals surface area contributed by atoms with Crippen molar-refractivity contribution >= 4 is 12.0 Å². The molecule has 0 unspecified atom stereocenters. The van der Waals surface area contributed by atoms with Crippen LogP contribution in [0.15, 0.2) is 18.2 Å². The Labute approximate surface area is 130 Å². The molecule has 5 nitrogen and oxygen atoms in total. The molecule has 1 saturated heterocycles. The van der Waals surface area contributed by atoms with Gasteiger partial charge < -0.3 is 14.5 Å². The number of carbonyl (C=O) groups excluding carboxylic acids is 2. The molecule has 2 aliphatic rings. The zero-order valence-electron chi connectivity index (χ0n) is 13.0. The summed E-state index contributed by atoms with van der Waals surface area (Å²) < 4.78 is 4.72. The van der Waals surface area contributed by atoms with Crippen LogP contribution in [0.1, 0.15) is 34.3 Å². The van der Waals surface area contributed by atoms with E-state index in [2.05, 4.69) is 12.1 Å². The predicted molar refractivity (Wildman–Crippen MR) is 83.0 cm³/mol. The van der Waals surface area contributed by atoms with Crippen LogP contribution in [0.4, 0.5) is 4.79 Å². The van der Waals surface area contributed by atoms with Gasteiger partial charge in [-0.05, 0) is 48.9 Å². The molecule has 22 heavy (non-hydrogen) atoms. The fourth-order valence-corrected chi connectivity index (χ4v) is 3.27. The van der Waals surface area contributed by atoms with Crippen molar-refractivity contribution in [1.29, 1.82) is 0 Å². The monoisotopic (exact) mass is 302 g/mol. The number of fused-ring (bicyclic) bond motifs is 1. The molecule has 3 rings (SSSR count). The van der Waals surface area contributed by atoms with Gasteiger partial charge in [0.1, 0.15) is 0 Å². The molecule has 0 N–H and O–H groups in total. The molecule has 1 aromatic carbocycles. The topological polar surface area (TPSA) is 49.9 Å². The van der Waals surface area contributed by atoms with Crippen molar-refractivity contribution < 1.29 is 14.3 Å². The number of carbonyl (C=O) groups is 2. The maximum absolute atomic E-state index is 12.6. The Morgan fingerprint density at radius 3 is 2.27 bits per heavy atom. The lowest BCUT2D eigenvalue weighted by Gasteiger charge is -2.34. The van der Waals surface area contributed by atoms with Crippen LogP contribution < -0.4 is 0 Å². The first-order chi connectivity index (χ1) is 10.7. The lowest BCUT2D eigenvalue weighted by Crippen LogP contribution is -2.50. The molecule has 0 radical (unpaired) electrons. The summed E-state index contributed by atoms with van der Waals surface area (Å²) in [5, 5.41) is 0. The van der Waals surface area contributed by atoms with Crippen LogP contribution in [-0.4, -0.2) is 55.1 Å². The van der Waals surface area contributed by atoms with E-state index in [-0.39, 0.29) is 12.0 Å². The van der Waals surface area contributed by atoms with Gasteiger partial charge in [-0.3, -0.25) is 4.79 Å². The molecular weight excluding hydrogens is 280 g/mol. The van der Waals surface area contributed by atoms with Gasteiger partial charge in [-0.25, -0.2) is 4.79 Å². The number of rotatable bonds is 1. The summed E-state index contributed by atoms with van der Waals surface area (Å²) in [5.74, 6) is 0.0675. The quantitative estimate of drug-likeness (QED) is 0.798. The number of amides is 2. The van der Waals surface area contributed by atoms with E-state index in [9.17, 15) is 9.59 Å². The Hall–Kier alpha value is -2.04. The number of hydrogen-bond donors (Lipinski definition) is 0. The second-order valence-electron chi connectivity index (χ2n) is 5.94. The van der Waals surface area contributed by atoms with Gasteiger partial charge in [-0.15, -0.1) is 0 Å². The number of benzene rings is 1. The Kier molecular flexibility index (Phi) is 4.32. The molecule has 118 valence electrons. The van der Waals surface area contributed by atoms with E-state index in [1.807, 2.05) is 11.0 Å². The number of ether oxygens (including phenoxy) is 1. The van der Waals surface area contributed by atoms with Crippen LogP contribution in [0.3, 0.4) is 0 Å². The zero-order valence-corrected chi connectivity index (χ0v) is 13.0. The van der Waals surface area contributed by atoms with Crippen LogP contribution in [0.25, 0.3) is 0 Å². The highest BCUT2D eigenvalue weighted by Gasteiger charge is 2.25. The molecule has 0 atom stereocenters. The van der Waals surface area contributed by atoms with E-state index in [1.165, 1.54) is 31.1 Å². The first-order valence-electron chi connectivity index (χ1n) is 7.93. The number of piperazine rings is 1. The molecule has 1 aliphatic heterocycles. The summed E-state index contributed by atoms with van der Waals surface area (Å²) in [6.07, 6.45) is 4.34. The second-order valence-corrected chi connectivity index (χ2v) is 5.94. The van der Waals surface area contributed by atoms with E-state index in [1.54, 1.807) is 4.90 Å². The highest BCUT2D eigenvalue weighted by molar-refractivity contribution is 5.94. The first-order valence-corrected chi connectivity index (χ1v) is 7.93. The molecular formula is C17H22N2O3. The molecule has 0 aromatic heterocycles. The Morgan fingerprint density at radius 2 is 1.59 bits per heavy atom. The maximum atomic E-state index is 12.6. The zero-order chi connectivity index (χ0) is 15.5. The predicted octanol–water partition coefficient (Wildman–Crippen LogP) is 2.09. The number of nitrogens with zero attached hydrogens (tertiary/aromatic N) is 2. The number of methoxy groups -OCH3 is 1. The van der Waals surface area contributed by atoms with Gasteiger partial charge in [0.25, 0.3) is 5.91 Å². The van der Waals surface area contributed by atoms with Gasteiger partial charge in [-0.1, -0.05) is 6.07 Å². The second kappa shape index (κ2) is 6.38. The fourth-order valence-electron chi connectivity index (χ4n) is 3.27. The molecule has 1 aromatic rings. The Bertz CT molecular complexity index is 577. The van der Waals surface area contributed by atoms with Crippen molar-refractivity contribution in [3.8, 4) is 0 Å². The average Bonchev–Trinajstić information content (AvgIpc) is 2.60. The first kappa shape index (κ1) is 14.9. The van der Waals surface area contributed by atoms with Gasteiger partial charge in [-0.2, -0.15) is 0 Å². The summed E-state index contributed by atoms with van der Waals surface area (Å²) in [6.45, 7) is 2.18. The van der Waals surface area contributed by atoms with E-state index in [0.717, 1.165) is 18.4 Å². The van der Waals surface area contributed by atoms with Crippen LogP contribution in [0.5, 0.6) is 0 Å². The minimum absolute atomic E-state index is 0.0675. The van der Waals surface area contributed by atoms with E-state index in [4.69, 9.17) is 4.74 Å². The third-order valence-corrected chi connectivity index (χ3v) is 4.60. The smallest absolute Gasteiger partial charge is 0.409 e. The normalized spacial score (nSPS) is 17.9. The third-order valence-electron chi connectivity index (χ3n) is 4.60. The highest BCUT2D eigenvalue weighted by Crippen LogP contribution is 2.23. The summed E-state index contributed by atoms with van der Waals surface area (Å²) in [4.78, 5) is 27.6. The standard InChI is InChI=1S/C17H22N2O3/c1-22-17(21)19-10-8-18(9-11-19)16(20)15-7-6-13-4-2-3-5-14(13)12-15/h6-7,12H,2-5,8-11H2,1H3. The maximum Gasteiger partial charge on any atom is 0.409 e. The third kappa shape index (κ3) is 2.93. The average molecular weight is 302 g/mol. The molecule has 5 heteroatoms. The molecule has 0 bridgehead atoms. The molecule has 1 heterocycles. The van der Waals surface area contributed by atoms with Crippen LogP contribution >= 0.6 is 0 Å². The lowest BCUT2D eigenvalue weighted by atomic mass is 9.90. The molecule has 1 aliphatic carbocycles. The Balaban J connectivity index is 1.66. The van der Waals surface area contributed by atoms with E-state index in [0.29, 0.717) is 26.2 Å². The van der Waals surface area contributed by atoms with Crippen molar-refractivity contribution in [2.45, 2.75) is 25.7 Å². The minimum Gasteiger partial charge on any atom is -0.453 e. The van der Waals surface area contributed by atoms with E-state index < -0.39 is 0 Å². The fraction of sp³-hybridized carbons (Fsp3) is 0.529. The largest absolute Gasteiger partial charge is 0.453 e. The van der Waals surface area contributed by atoms with Crippen molar-refractivity contribution in [3.63, 3.8) is 0 Å². The number of aryl methyl sites for hydroxylation is 2. The summed E-state index contributed by atoms with van der Waals surface area (Å²) in [7, 11) is 1.38. The highest BCUT2D eigenvalue weighted by atomic mass is 16.5. The van der Waals surface area contributed by atoms with Crippen molar-refractivity contribution in [2.24, 2.45) is 0 Å². The van der Waals surface area contributed by atoms with Gasteiger partial charge in [0.05, 0.1) is 7.11 Å². The van der Waals surface area contributed by atoms with Gasteiger partial charge in [0.15, 0.2) is 0 Å². The summed E-state index contributed by atoms with van der Waals surface area (Å²) >= 11 is 0. The molecule has 0 saturated carbocycles. The molecule has 2 amide bonds. The van der Waals surface area contributed by atoms with Crippen molar-refractivity contribution in [2.75, 3.05) is 33.3 Å². The van der Waals surface area contributed by atoms with Gasteiger partial charge in [0, 0.05) is 31.7 Å². The summed E-state index contributed by atoms with van der Waals surface area (Å²) in [6, 6.07) is 6.11. The van der Waals surface area contributed by atoms with Crippen LogP contribution in [0, 0.1) is 0 Å². The minimum atomic E-state index is -0.319. The SMILES string of the molecule is COC(=O)N1CCN(C(=O)c2ccc3c(c2)CCCC3)CC1. The van der Waals surface area contributed by atoms with E-state index >= 15 is 0 Å². The van der Waals surface area contributed by atoms with Gasteiger partial charge in [0.2, 0.25) is 0 Å². The summed E-state index contributed by atoms with van der Waals surface area (Å²) in [5.41, 5.74) is 3.48. The van der Waals surface area contributed by atoms with Crippen molar-refractivity contribution in [3.05, 3.63) is 34.9 Å². The molecule has 0 spiro atoms. The van der Waals surface area contributed by atoms with Crippen LogP contribution in [0.2, 0.25) is 0 Å². The molecule has 1 fully saturated rings. The van der Waals surface area contributed by atoms with Gasteiger partial charge >= 0.3 is 6.09 Å². The Morgan fingerprint density at radius 1 is 0.955 bits per heavy atom. The van der Waals surface area contributed by atoms with Crippen LogP contribution in [-0.2, 0) is 17.6 Å². The van der Waals surface area contributed by atoms with Crippen molar-refractivity contribution in [1.82, 2.24) is 9.80 Å².